The largest absolute Gasteiger partial charge is 0.334 e. The van der Waals surface area contributed by atoms with Crippen molar-refractivity contribution in [1.82, 2.24) is 14.9 Å². The number of nitrogens with one attached hydrogen (secondary N) is 1. The van der Waals surface area contributed by atoms with Crippen LogP contribution in [0.4, 0.5) is 0 Å². The van der Waals surface area contributed by atoms with E-state index in [-0.39, 0.29) is 0 Å². The van der Waals surface area contributed by atoms with Crippen molar-refractivity contribution < 1.29 is 0 Å². The van der Waals surface area contributed by atoms with E-state index in [9.17, 15) is 0 Å². The van der Waals surface area contributed by atoms with Crippen molar-refractivity contribution in [3.63, 3.8) is 0 Å². The Morgan fingerprint density at radius 2 is 2.17 bits per heavy atom. The second-order valence-corrected chi connectivity index (χ2v) is 5.91. The Kier molecular flexibility index (Phi) is 4.81. The molecule has 1 aliphatic rings. The summed E-state index contributed by atoms with van der Waals surface area (Å²) in [7, 11) is 0. The molecule has 1 N–H and O–H groups in total. The second kappa shape index (κ2) is 6.37. The third kappa shape index (κ3) is 3.35. The Bertz CT molecular complexity index is 358. The van der Waals surface area contributed by atoms with E-state index in [4.69, 9.17) is 0 Å². The second-order valence-electron chi connectivity index (χ2n) is 5.91. The number of rotatable bonds is 5. The first-order valence-electron chi connectivity index (χ1n) is 7.43. The molecule has 1 aromatic heterocycles. The molecule has 0 aromatic carbocycles. The van der Waals surface area contributed by atoms with E-state index >= 15 is 0 Å². The fourth-order valence-corrected chi connectivity index (χ4v) is 2.85. The minimum Gasteiger partial charge on any atom is -0.334 e. The summed E-state index contributed by atoms with van der Waals surface area (Å²) in [5, 5.41) is 3.41. The van der Waals surface area contributed by atoms with Crippen molar-refractivity contribution in [1.29, 1.82) is 0 Å². The highest BCUT2D eigenvalue weighted by Gasteiger charge is 2.25. The van der Waals surface area contributed by atoms with Gasteiger partial charge in [-0.15, -0.1) is 0 Å². The van der Waals surface area contributed by atoms with E-state index < -0.39 is 0 Å². The lowest BCUT2D eigenvalue weighted by Gasteiger charge is -2.32. The van der Waals surface area contributed by atoms with E-state index in [1.807, 2.05) is 6.33 Å². The van der Waals surface area contributed by atoms with Crippen LogP contribution in [0.25, 0.3) is 0 Å². The van der Waals surface area contributed by atoms with Crippen LogP contribution < -0.4 is 5.32 Å². The molecule has 1 saturated carbocycles. The van der Waals surface area contributed by atoms with E-state index in [1.54, 1.807) is 0 Å². The fourth-order valence-electron chi connectivity index (χ4n) is 2.85. The lowest BCUT2D eigenvalue weighted by molar-refractivity contribution is 0.210. The van der Waals surface area contributed by atoms with Crippen LogP contribution >= 0.6 is 0 Å². The Hall–Kier alpha value is -0.830. The molecular weight excluding hydrogens is 222 g/mol. The maximum absolute atomic E-state index is 4.51. The summed E-state index contributed by atoms with van der Waals surface area (Å²) in [6, 6.07) is 0.670. The monoisotopic (exact) mass is 249 g/mol. The maximum atomic E-state index is 4.51. The molecule has 0 aliphatic heterocycles. The average molecular weight is 249 g/mol. The molecule has 0 bridgehead atoms. The highest BCUT2D eigenvalue weighted by molar-refractivity contribution is 4.98. The molecule has 3 atom stereocenters. The summed E-state index contributed by atoms with van der Waals surface area (Å²) in [5.74, 6) is 1.73. The van der Waals surface area contributed by atoms with Gasteiger partial charge in [0, 0.05) is 18.8 Å². The molecule has 18 heavy (non-hydrogen) atoms. The quantitative estimate of drug-likeness (QED) is 0.811. The summed E-state index contributed by atoms with van der Waals surface area (Å²) < 4.78 is 2.34. The van der Waals surface area contributed by atoms with Crippen LogP contribution in [0.15, 0.2) is 12.5 Å². The summed E-state index contributed by atoms with van der Waals surface area (Å²) in [6.07, 6.45) is 9.40. The number of imidazole rings is 1. The van der Waals surface area contributed by atoms with Crippen LogP contribution in [-0.4, -0.2) is 16.1 Å². The van der Waals surface area contributed by atoms with Crippen LogP contribution in [-0.2, 0) is 6.54 Å². The fraction of sp³-hybridized carbons (Fsp3) is 0.800. The lowest BCUT2D eigenvalue weighted by atomic mass is 9.79. The molecule has 3 heteroatoms. The first kappa shape index (κ1) is 13.6. The molecule has 0 amide bonds. The van der Waals surface area contributed by atoms with Gasteiger partial charge >= 0.3 is 0 Å². The van der Waals surface area contributed by atoms with Gasteiger partial charge in [0.15, 0.2) is 0 Å². The molecule has 2 rings (SSSR count). The van der Waals surface area contributed by atoms with Crippen molar-refractivity contribution in [3.8, 4) is 0 Å². The minimum absolute atomic E-state index is 0.670. The highest BCUT2D eigenvalue weighted by atomic mass is 15.1. The average Bonchev–Trinajstić information content (AvgIpc) is 2.82. The zero-order chi connectivity index (χ0) is 13.0. The van der Waals surface area contributed by atoms with Gasteiger partial charge in [-0.25, -0.2) is 4.98 Å². The molecule has 1 heterocycles. The summed E-state index contributed by atoms with van der Waals surface area (Å²) in [4.78, 5) is 4.51. The van der Waals surface area contributed by atoms with Gasteiger partial charge in [0.25, 0.3) is 0 Å². The molecule has 3 unspecified atom stereocenters. The van der Waals surface area contributed by atoms with Gasteiger partial charge in [0.05, 0.1) is 12.0 Å². The van der Waals surface area contributed by atoms with Gasteiger partial charge in [-0.2, -0.15) is 0 Å². The summed E-state index contributed by atoms with van der Waals surface area (Å²) >= 11 is 0. The molecule has 0 radical (unpaired) electrons. The third-order valence-corrected chi connectivity index (χ3v) is 4.38. The van der Waals surface area contributed by atoms with Crippen molar-refractivity contribution in [2.75, 3.05) is 6.54 Å². The first-order chi connectivity index (χ1) is 8.70. The highest BCUT2D eigenvalue weighted by Crippen LogP contribution is 2.35. The van der Waals surface area contributed by atoms with Crippen LogP contribution in [0, 0.1) is 11.8 Å². The Morgan fingerprint density at radius 3 is 2.89 bits per heavy atom. The minimum atomic E-state index is 0.670. The predicted octanol–water partition coefficient (Wildman–Crippen LogP) is 3.38. The van der Waals surface area contributed by atoms with E-state index in [0.29, 0.717) is 6.04 Å². The lowest BCUT2D eigenvalue weighted by Crippen LogP contribution is -2.22. The Morgan fingerprint density at radius 1 is 1.33 bits per heavy atom. The number of nitrogens with zero attached hydrogens (tertiary/aromatic N) is 2. The molecule has 1 fully saturated rings. The zero-order valence-electron chi connectivity index (χ0n) is 12.0. The van der Waals surface area contributed by atoms with Crippen LogP contribution in [0.1, 0.15) is 58.2 Å². The van der Waals surface area contributed by atoms with Crippen molar-refractivity contribution in [2.45, 2.75) is 59.0 Å². The van der Waals surface area contributed by atoms with Crippen molar-refractivity contribution in [3.05, 3.63) is 18.2 Å². The van der Waals surface area contributed by atoms with Gasteiger partial charge < -0.3 is 9.88 Å². The first-order valence-corrected chi connectivity index (χ1v) is 7.43. The smallest absolute Gasteiger partial charge is 0.0952 e. The van der Waals surface area contributed by atoms with Gasteiger partial charge in [0.1, 0.15) is 0 Å². The van der Waals surface area contributed by atoms with Crippen LogP contribution in [0.2, 0.25) is 0 Å². The molecule has 1 aromatic rings. The zero-order valence-corrected chi connectivity index (χ0v) is 12.0. The van der Waals surface area contributed by atoms with Crippen molar-refractivity contribution in [2.24, 2.45) is 11.8 Å². The Labute approximate surface area is 111 Å². The Balaban J connectivity index is 1.89. The standard InChI is InChI=1S/C15H27N3/c1-4-7-16-9-14-10-18(11-17-14)15-6-5-12(2)13(3)8-15/h10-13,15-16H,4-9H2,1-3H3. The molecule has 0 spiro atoms. The van der Waals surface area contributed by atoms with Crippen LogP contribution in [0.5, 0.6) is 0 Å². The maximum Gasteiger partial charge on any atom is 0.0952 e. The normalized spacial score (nSPS) is 28.5. The van der Waals surface area contributed by atoms with E-state index in [0.717, 1.165) is 24.9 Å². The molecule has 102 valence electrons. The molecule has 3 nitrogen and oxygen atoms in total. The molecule has 1 aliphatic carbocycles. The topological polar surface area (TPSA) is 29.9 Å². The predicted molar refractivity (Wildman–Crippen MR) is 75.4 cm³/mol. The van der Waals surface area contributed by atoms with Gasteiger partial charge in [-0.1, -0.05) is 20.8 Å². The third-order valence-electron chi connectivity index (χ3n) is 4.38. The van der Waals surface area contributed by atoms with Gasteiger partial charge in [-0.05, 0) is 44.1 Å². The van der Waals surface area contributed by atoms with Gasteiger partial charge in [-0.3, -0.25) is 0 Å². The molecule has 0 saturated heterocycles. The van der Waals surface area contributed by atoms with Gasteiger partial charge in [0.2, 0.25) is 0 Å². The number of hydrogen-bond donors (Lipinski definition) is 1. The van der Waals surface area contributed by atoms with Crippen molar-refractivity contribution >= 4 is 0 Å². The van der Waals surface area contributed by atoms with E-state index in [2.05, 4.69) is 41.8 Å². The van der Waals surface area contributed by atoms with Crippen LogP contribution in [0.3, 0.4) is 0 Å². The summed E-state index contributed by atoms with van der Waals surface area (Å²) in [5.41, 5.74) is 1.18. The number of aromatic nitrogens is 2. The van der Waals surface area contributed by atoms with E-state index in [1.165, 1.54) is 31.4 Å². The number of hydrogen-bond acceptors (Lipinski definition) is 2. The summed E-state index contributed by atoms with van der Waals surface area (Å²) in [6.45, 7) is 8.94. The SMILES string of the molecule is CCCNCc1cn(C2CCC(C)C(C)C2)cn1. The molecular formula is C15H27N3.